The number of aryl methyl sites for hydroxylation is 1. The van der Waals surface area contributed by atoms with Crippen LogP contribution in [0.3, 0.4) is 0 Å². The van der Waals surface area contributed by atoms with Gasteiger partial charge in [0.15, 0.2) is 11.5 Å². The molecule has 1 amide bonds. The van der Waals surface area contributed by atoms with E-state index >= 15 is 0 Å². The van der Waals surface area contributed by atoms with E-state index in [2.05, 4.69) is 16.2 Å². The minimum absolute atomic E-state index is 0.279. The van der Waals surface area contributed by atoms with E-state index in [1.165, 1.54) is 0 Å². The van der Waals surface area contributed by atoms with Gasteiger partial charge in [0.2, 0.25) is 0 Å². The number of nitrogens with zero attached hydrogens (tertiary/aromatic N) is 5. The third kappa shape index (κ3) is 4.85. The van der Waals surface area contributed by atoms with E-state index in [9.17, 15) is 4.79 Å². The predicted octanol–water partition coefficient (Wildman–Crippen LogP) is 4.68. The van der Waals surface area contributed by atoms with Gasteiger partial charge in [-0.15, -0.1) is 0 Å². The van der Waals surface area contributed by atoms with Crippen LogP contribution >= 0.6 is 11.6 Å². The zero-order valence-corrected chi connectivity index (χ0v) is 20.5. The fraction of sp³-hybridized carbons (Fsp3) is 0.458. The molecule has 1 aliphatic rings. The smallest absolute Gasteiger partial charge is 0.410 e. The fourth-order valence-electron chi connectivity index (χ4n) is 3.86. The van der Waals surface area contributed by atoms with Crippen molar-refractivity contribution in [2.75, 3.05) is 38.2 Å². The SMILES string of the molecule is CCc1cn2c(-c3ccc(OC)cc3Cl)cnc(N3CCN(C(=O)OC(C)(C)C)CC3)c2n1. The topological polar surface area (TPSA) is 72.2 Å². The van der Waals surface area contributed by atoms with Crippen LogP contribution in [0.4, 0.5) is 10.6 Å². The molecule has 0 atom stereocenters. The van der Waals surface area contributed by atoms with Crippen LogP contribution in [0, 0.1) is 0 Å². The number of rotatable bonds is 4. The zero-order chi connectivity index (χ0) is 23.8. The predicted molar refractivity (Wildman–Crippen MR) is 129 cm³/mol. The van der Waals surface area contributed by atoms with Crippen molar-refractivity contribution in [2.24, 2.45) is 0 Å². The van der Waals surface area contributed by atoms with E-state index in [0.29, 0.717) is 37.0 Å². The van der Waals surface area contributed by atoms with Crippen molar-refractivity contribution in [1.29, 1.82) is 0 Å². The molecule has 2 aromatic heterocycles. The lowest BCUT2D eigenvalue weighted by Crippen LogP contribution is -2.50. The molecule has 1 aliphatic heterocycles. The number of aromatic nitrogens is 3. The van der Waals surface area contributed by atoms with Gasteiger partial charge in [-0.3, -0.25) is 4.40 Å². The van der Waals surface area contributed by atoms with Crippen LogP contribution in [0.2, 0.25) is 5.02 Å². The summed E-state index contributed by atoms with van der Waals surface area (Å²) in [4.78, 5) is 26.0. The minimum Gasteiger partial charge on any atom is -0.497 e. The number of fused-ring (bicyclic) bond motifs is 1. The molecular weight excluding hydrogens is 442 g/mol. The summed E-state index contributed by atoms with van der Waals surface area (Å²) < 4.78 is 12.8. The Hall–Kier alpha value is -3.00. The maximum absolute atomic E-state index is 12.4. The molecule has 4 rings (SSSR count). The first-order valence-corrected chi connectivity index (χ1v) is 11.5. The first kappa shape index (κ1) is 23.2. The largest absolute Gasteiger partial charge is 0.497 e. The summed E-state index contributed by atoms with van der Waals surface area (Å²) in [5, 5.41) is 0.586. The normalized spacial score (nSPS) is 14.6. The molecular formula is C24H30ClN5O3. The molecule has 0 unspecified atom stereocenters. The number of amides is 1. The lowest BCUT2D eigenvalue weighted by Gasteiger charge is -2.36. The second-order valence-corrected chi connectivity index (χ2v) is 9.45. The molecule has 0 aliphatic carbocycles. The molecule has 8 nitrogen and oxygen atoms in total. The number of anilines is 1. The molecule has 0 spiro atoms. The molecule has 1 aromatic carbocycles. The van der Waals surface area contributed by atoms with E-state index in [1.54, 1.807) is 18.1 Å². The summed E-state index contributed by atoms with van der Waals surface area (Å²) in [6, 6.07) is 5.61. The summed E-state index contributed by atoms with van der Waals surface area (Å²) >= 11 is 6.56. The van der Waals surface area contributed by atoms with Crippen molar-refractivity contribution in [2.45, 2.75) is 39.7 Å². The van der Waals surface area contributed by atoms with Gasteiger partial charge in [-0.2, -0.15) is 0 Å². The van der Waals surface area contributed by atoms with Crippen LogP contribution in [0.15, 0.2) is 30.6 Å². The highest BCUT2D eigenvalue weighted by Gasteiger charge is 2.28. The van der Waals surface area contributed by atoms with E-state index in [1.807, 2.05) is 45.3 Å². The van der Waals surface area contributed by atoms with Gasteiger partial charge in [-0.05, 0) is 45.4 Å². The lowest BCUT2D eigenvalue weighted by atomic mass is 10.1. The first-order valence-electron chi connectivity index (χ1n) is 11.1. The number of imidazole rings is 1. The molecule has 9 heteroatoms. The molecule has 33 heavy (non-hydrogen) atoms. The third-order valence-electron chi connectivity index (χ3n) is 5.57. The highest BCUT2D eigenvalue weighted by Crippen LogP contribution is 2.33. The fourth-order valence-corrected chi connectivity index (χ4v) is 4.13. The number of benzene rings is 1. The molecule has 176 valence electrons. The van der Waals surface area contributed by atoms with Crippen LogP contribution in [-0.2, 0) is 11.2 Å². The minimum atomic E-state index is -0.507. The van der Waals surface area contributed by atoms with Crippen molar-refractivity contribution >= 4 is 29.2 Å². The van der Waals surface area contributed by atoms with Crippen molar-refractivity contribution in [3.05, 3.63) is 41.3 Å². The molecule has 0 N–H and O–H groups in total. The molecule has 1 fully saturated rings. The number of halogens is 1. The molecule has 3 aromatic rings. The average molecular weight is 472 g/mol. The summed E-state index contributed by atoms with van der Waals surface area (Å²) in [5.41, 5.74) is 2.97. The van der Waals surface area contributed by atoms with Crippen LogP contribution in [0.1, 0.15) is 33.4 Å². The van der Waals surface area contributed by atoms with Gasteiger partial charge in [0, 0.05) is 37.9 Å². The van der Waals surface area contributed by atoms with Crippen LogP contribution in [0.5, 0.6) is 5.75 Å². The summed E-state index contributed by atoms with van der Waals surface area (Å²) in [7, 11) is 1.62. The standard InChI is InChI=1S/C24H30ClN5O3/c1-6-16-15-30-20(18-8-7-17(32-5)13-19(18)25)14-26-21(22(30)27-16)28-9-11-29(12-10-28)23(31)33-24(2,3)4/h7-8,13-15H,6,9-12H2,1-5H3. The van der Waals surface area contributed by atoms with Gasteiger partial charge in [0.1, 0.15) is 11.4 Å². The van der Waals surface area contributed by atoms with Crippen molar-refractivity contribution in [3.63, 3.8) is 0 Å². The molecule has 0 saturated carbocycles. The monoisotopic (exact) mass is 471 g/mol. The van der Waals surface area contributed by atoms with Crippen molar-refractivity contribution in [3.8, 4) is 17.0 Å². The van der Waals surface area contributed by atoms with Gasteiger partial charge in [0.25, 0.3) is 0 Å². The Labute approximate surface area is 199 Å². The summed E-state index contributed by atoms with van der Waals surface area (Å²) in [5.74, 6) is 1.50. The number of piperazine rings is 1. The summed E-state index contributed by atoms with van der Waals surface area (Å²) in [6.45, 7) is 10.1. The number of methoxy groups -OCH3 is 1. The molecule has 0 radical (unpaired) electrons. The van der Waals surface area contributed by atoms with Crippen molar-refractivity contribution < 1.29 is 14.3 Å². The highest BCUT2D eigenvalue weighted by molar-refractivity contribution is 6.33. The highest BCUT2D eigenvalue weighted by atomic mass is 35.5. The maximum atomic E-state index is 12.4. The number of carbonyl (C=O) groups excluding carboxylic acids is 1. The molecule has 3 heterocycles. The number of hydrogen-bond donors (Lipinski definition) is 0. The Bertz CT molecular complexity index is 1160. The van der Waals surface area contributed by atoms with Crippen LogP contribution < -0.4 is 9.64 Å². The van der Waals surface area contributed by atoms with E-state index < -0.39 is 5.60 Å². The Morgan fingerprint density at radius 2 is 1.91 bits per heavy atom. The van der Waals surface area contributed by atoms with Crippen LogP contribution in [-0.4, -0.2) is 64.3 Å². The second kappa shape index (κ2) is 9.09. The Balaban J connectivity index is 1.64. The Morgan fingerprint density at radius 1 is 1.18 bits per heavy atom. The van der Waals surface area contributed by atoms with E-state index in [-0.39, 0.29) is 6.09 Å². The zero-order valence-electron chi connectivity index (χ0n) is 19.8. The lowest BCUT2D eigenvalue weighted by molar-refractivity contribution is 0.0240. The third-order valence-corrected chi connectivity index (χ3v) is 5.88. The van der Waals surface area contributed by atoms with Crippen molar-refractivity contribution in [1.82, 2.24) is 19.3 Å². The van der Waals surface area contributed by atoms with Gasteiger partial charge >= 0.3 is 6.09 Å². The number of hydrogen-bond acceptors (Lipinski definition) is 6. The number of carbonyl (C=O) groups is 1. The van der Waals surface area contributed by atoms with Gasteiger partial charge in [-0.25, -0.2) is 14.8 Å². The van der Waals surface area contributed by atoms with Gasteiger partial charge in [0.05, 0.1) is 29.7 Å². The summed E-state index contributed by atoms with van der Waals surface area (Å²) in [6.07, 6.45) is 4.40. The average Bonchev–Trinajstić information content (AvgIpc) is 3.22. The molecule has 0 bridgehead atoms. The Morgan fingerprint density at radius 3 is 2.52 bits per heavy atom. The molecule has 1 saturated heterocycles. The van der Waals surface area contributed by atoms with Gasteiger partial charge in [-0.1, -0.05) is 18.5 Å². The van der Waals surface area contributed by atoms with Crippen LogP contribution in [0.25, 0.3) is 16.9 Å². The quantitative estimate of drug-likeness (QED) is 0.550. The van der Waals surface area contributed by atoms with E-state index in [4.69, 9.17) is 31.0 Å². The Kier molecular flexibility index (Phi) is 6.38. The first-order chi connectivity index (χ1) is 15.7. The van der Waals surface area contributed by atoms with Gasteiger partial charge < -0.3 is 19.3 Å². The number of ether oxygens (including phenoxy) is 2. The second-order valence-electron chi connectivity index (χ2n) is 9.05. The maximum Gasteiger partial charge on any atom is 0.410 e. The van der Waals surface area contributed by atoms with E-state index in [0.717, 1.165) is 34.8 Å².